The molecule has 0 unspecified atom stereocenters. The van der Waals surface area contributed by atoms with Gasteiger partial charge in [0.05, 0.1) is 0 Å². The summed E-state index contributed by atoms with van der Waals surface area (Å²) < 4.78 is 8.00. The van der Waals surface area contributed by atoms with Crippen LogP contribution in [-0.2, 0) is 46.0 Å². The molecule has 26 valence electrons. The quantitative estimate of drug-likeness (QED) is 0.427. The molecule has 0 aliphatic carbocycles. The normalized spacial score (nSPS) is 1.25. The fraction of sp³-hybridized carbons (Fsp3) is 0. The largest absolute Gasteiger partial charge is 0.0149 e. The minimum absolute atomic E-state index is 0. The van der Waals surface area contributed by atoms with Gasteiger partial charge in [-0.3, -0.25) is 0 Å². The van der Waals surface area contributed by atoms with Gasteiger partial charge in [0.25, 0.3) is 0 Å². The van der Waals surface area contributed by atoms with Gasteiger partial charge in [-0.25, -0.2) is 0 Å². The van der Waals surface area contributed by atoms with Crippen LogP contribution in [0.4, 0.5) is 0 Å². The molecule has 0 aromatic rings. The molecule has 0 heterocycles. The second kappa shape index (κ2) is 25.6. The molecule has 0 aliphatic heterocycles. The Morgan fingerprint density at radius 3 is 1.25 bits per heavy atom. The molecule has 0 N–H and O–H groups in total. The van der Waals surface area contributed by atoms with Crippen LogP contribution >= 0.6 is 0 Å². The summed E-state index contributed by atoms with van der Waals surface area (Å²) in [5.74, 6) is 0. The third-order valence-corrected chi connectivity index (χ3v) is 0. The predicted molar refractivity (Wildman–Crippen MR) is 12.0 cm³/mol. The molecule has 0 saturated carbocycles. The van der Waals surface area contributed by atoms with Crippen molar-refractivity contribution >= 4 is 11.0 Å². The summed E-state index contributed by atoms with van der Waals surface area (Å²) in [6.07, 6.45) is 0. The van der Waals surface area contributed by atoms with Gasteiger partial charge in [0, 0.05) is 26.2 Å². The number of rotatable bonds is 0. The first-order chi connectivity index (χ1) is 1.00. The van der Waals surface area contributed by atoms with Crippen LogP contribution in [0.1, 0.15) is 0 Å². The first-order valence-electron chi connectivity index (χ1n) is 0.144. The fourth-order valence-electron chi connectivity index (χ4n) is 0. The maximum Gasteiger partial charge on any atom is 0 e. The van der Waals surface area contributed by atoms with E-state index >= 15 is 0 Å². The molecule has 4 heteroatoms. The maximum absolute atomic E-state index is 8.00. The summed E-state index contributed by atoms with van der Waals surface area (Å²) in [6.45, 7) is 0. The van der Waals surface area contributed by atoms with Crippen molar-refractivity contribution in [2.75, 3.05) is 0 Å². The fourth-order valence-corrected chi connectivity index (χ4v) is 0. The van der Waals surface area contributed by atoms with Crippen LogP contribution in [0.3, 0.4) is 0 Å². The third-order valence-electron chi connectivity index (χ3n) is 0. The van der Waals surface area contributed by atoms with Gasteiger partial charge in [0.1, 0.15) is 0 Å². The van der Waals surface area contributed by atoms with Crippen molar-refractivity contribution in [2.45, 2.75) is 0 Å². The summed E-state index contributed by atoms with van der Waals surface area (Å²) in [6, 6.07) is 0. The summed E-state index contributed by atoms with van der Waals surface area (Å²) in [7, 11) is 0. The van der Waals surface area contributed by atoms with Crippen molar-refractivity contribution in [3.8, 4) is 0 Å². The van der Waals surface area contributed by atoms with E-state index in [2.05, 4.69) is 0 Å². The first kappa shape index (κ1) is 18.1. The Morgan fingerprint density at radius 2 is 1.25 bits per heavy atom. The molecule has 0 aliphatic rings. The standard InChI is InChI=1S/Fe.O.H4Si.Zr/h;;1H4;. The van der Waals surface area contributed by atoms with Crippen LogP contribution in [-0.4, -0.2) is 11.0 Å². The van der Waals surface area contributed by atoms with Crippen molar-refractivity contribution in [1.82, 2.24) is 0 Å². The minimum Gasteiger partial charge on any atom is -0.0149 e. The molecule has 1 nitrogen and oxygen atoms in total. The van der Waals surface area contributed by atoms with E-state index < -0.39 is 0 Å². The summed E-state index contributed by atoms with van der Waals surface area (Å²) in [5.41, 5.74) is 0. The molecule has 4 heavy (non-hydrogen) atoms. The summed E-state index contributed by atoms with van der Waals surface area (Å²) in [4.78, 5) is 0. The molecular formula is H4FeOSiZr. The first-order valence-corrected chi connectivity index (χ1v) is 0.595. The van der Waals surface area contributed by atoms with Crippen molar-refractivity contribution < 1.29 is 46.0 Å². The van der Waals surface area contributed by atoms with Crippen LogP contribution in [0, 0.1) is 0 Å². The second-order valence-electron chi connectivity index (χ2n) is 0. The molecular weight excluding hydrogens is 191 g/mol. The van der Waals surface area contributed by atoms with Crippen molar-refractivity contribution in [3.05, 3.63) is 0 Å². The Hall–Kier alpha value is 1.42. The van der Waals surface area contributed by atoms with Crippen molar-refractivity contribution in [1.29, 1.82) is 0 Å². The van der Waals surface area contributed by atoms with Crippen LogP contribution in [0.2, 0.25) is 0 Å². The molecule has 0 fully saturated rings. The summed E-state index contributed by atoms with van der Waals surface area (Å²) >= 11 is 2.00. The molecule has 0 aromatic carbocycles. The monoisotopic (exact) mass is 194 g/mol. The zero-order valence-electron chi connectivity index (χ0n) is 1.26. The zero-order chi connectivity index (χ0) is 2.00. The van der Waals surface area contributed by atoms with Crippen LogP contribution in [0.5, 0.6) is 0 Å². The Morgan fingerprint density at radius 1 is 1.25 bits per heavy atom. The molecule has 0 aromatic heterocycles. The number of hydrogen-bond donors (Lipinski definition) is 0. The Labute approximate surface area is 56.7 Å². The van der Waals surface area contributed by atoms with Gasteiger partial charge in [-0.2, -0.15) is 0 Å². The van der Waals surface area contributed by atoms with E-state index in [0.717, 1.165) is 0 Å². The van der Waals surface area contributed by atoms with Gasteiger partial charge in [-0.1, -0.05) is 0 Å². The predicted octanol–water partition coefficient (Wildman–Crippen LogP) is -1.58. The molecule has 0 spiro atoms. The Balaban J connectivity index is -0.00000000500. The van der Waals surface area contributed by atoms with Gasteiger partial charge < -0.3 is 0 Å². The Bertz CT molecular complexity index is 8.00. The van der Waals surface area contributed by atoms with Crippen molar-refractivity contribution in [2.24, 2.45) is 0 Å². The van der Waals surface area contributed by atoms with Gasteiger partial charge in [0.2, 0.25) is 0 Å². The average Bonchev–Trinajstić information content (AvgIpc) is 1.00. The second-order valence-corrected chi connectivity index (χ2v) is 0. The molecule has 0 bridgehead atoms. The van der Waals surface area contributed by atoms with Crippen LogP contribution < -0.4 is 0 Å². The van der Waals surface area contributed by atoms with Gasteiger partial charge in [-0.15, -0.1) is 0 Å². The Kier molecular flexibility index (Phi) is 116. The molecule has 0 radical (unpaired) electrons. The molecule has 0 rings (SSSR count). The molecule has 0 amide bonds. The molecule has 0 atom stereocenters. The zero-order valence-corrected chi connectivity index (χ0v) is 4.82. The topological polar surface area (TPSA) is 17.1 Å². The van der Waals surface area contributed by atoms with Crippen molar-refractivity contribution in [3.63, 3.8) is 0 Å². The van der Waals surface area contributed by atoms with Gasteiger partial charge in [-0.05, 0) is 11.0 Å². The van der Waals surface area contributed by atoms with E-state index in [1.807, 2.05) is 15.9 Å². The van der Waals surface area contributed by atoms with Crippen LogP contribution in [0.15, 0.2) is 0 Å². The van der Waals surface area contributed by atoms with E-state index in [1.54, 1.807) is 0 Å². The summed E-state index contributed by atoms with van der Waals surface area (Å²) in [5, 5.41) is 0. The van der Waals surface area contributed by atoms with E-state index in [4.69, 9.17) is 3.83 Å². The number of hydrogen-bond acceptors (Lipinski definition) is 1. The van der Waals surface area contributed by atoms with Gasteiger partial charge in [0.15, 0.2) is 0 Å². The van der Waals surface area contributed by atoms with Gasteiger partial charge >= 0.3 is 19.8 Å². The SMILES string of the molecule is [O]=[Fe].[SiH4].[Zr]. The third kappa shape index (κ3) is 9.93. The van der Waals surface area contributed by atoms with E-state index in [0.29, 0.717) is 0 Å². The van der Waals surface area contributed by atoms with Crippen LogP contribution in [0.25, 0.3) is 0 Å². The smallest absolute Gasteiger partial charge is 0 e. The molecule has 0 saturated heterocycles. The maximum atomic E-state index is 8.00. The van der Waals surface area contributed by atoms with E-state index in [-0.39, 0.29) is 37.2 Å². The minimum atomic E-state index is 0. The van der Waals surface area contributed by atoms with E-state index in [9.17, 15) is 0 Å². The van der Waals surface area contributed by atoms with E-state index in [1.165, 1.54) is 0 Å². The average molecular weight is 195 g/mol.